The van der Waals surface area contributed by atoms with Gasteiger partial charge in [-0.1, -0.05) is 40.8 Å². The average molecular weight is 185 g/mol. The van der Waals surface area contributed by atoms with Crippen molar-refractivity contribution >= 4 is 8.07 Å². The second-order valence-electron chi connectivity index (χ2n) is 4.94. The molecule has 2 heteroatoms. The second-order valence-corrected chi connectivity index (χ2v) is 10.2. The van der Waals surface area contributed by atoms with Crippen LogP contribution in [0, 0.1) is 0 Å². The minimum atomic E-state index is -1.46. The quantitative estimate of drug-likeness (QED) is 0.479. The van der Waals surface area contributed by atoms with Crippen molar-refractivity contribution in [1.29, 1.82) is 0 Å². The highest BCUT2D eigenvalue weighted by molar-refractivity contribution is 6.84. The van der Waals surface area contributed by atoms with Gasteiger partial charge in [0, 0.05) is 0 Å². The molecule has 0 bridgehead atoms. The van der Waals surface area contributed by atoms with Crippen LogP contribution < -0.4 is 5.11 Å². The lowest BCUT2D eigenvalue weighted by atomic mass is 10.2. The standard InChI is InChI=1S/C10H22OSi/c1-7-9(11)8-12(5,6)10(2,3)4/h8,11H,7H2,1-6H3/p-1/b9-8-. The van der Waals surface area contributed by atoms with Crippen molar-refractivity contribution in [2.45, 2.75) is 52.2 Å². The number of rotatable bonds is 2. The summed E-state index contributed by atoms with van der Waals surface area (Å²) in [6.45, 7) is 13.1. The Kier molecular flexibility index (Phi) is 3.57. The molecule has 0 saturated carbocycles. The molecule has 0 spiro atoms. The van der Waals surface area contributed by atoms with Crippen LogP contribution in [0.2, 0.25) is 18.1 Å². The Morgan fingerprint density at radius 1 is 1.33 bits per heavy atom. The van der Waals surface area contributed by atoms with E-state index in [9.17, 15) is 5.11 Å². The molecule has 72 valence electrons. The van der Waals surface area contributed by atoms with Gasteiger partial charge >= 0.3 is 0 Å². The van der Waals surface area contributed by atoms with Gasteiger partial charge in [-0.15, -0.1) is 11.5 Å². The molecule has 0 aliphatic heterocycles. The first kappa shape index (κ1) is 11.8. The molecule has 0 N–H and O–H groups in total. The van der Waals surface area contributed by atoms with Crippen LogP contribution in [0.1, 0.15) is 34.1 Å². The highest BCUT2D eigenvalue weighted by Crippen LogP contribution is 2.36. The summed E-state index contributed by atoms with van der Waals surface area (Å²) in [4.78, 5) is 0. The normalized spacial score (nSPS) is 15.0. The van der Waals surface area contributed by atoms with E-state index in [4.69, 9.17) is 0 Å². The van der Waals surface area contributed by atoms with Crippen LogP contribution in [0.4, 0.5) is 0 Å². The molecule has 0 aliphatic carbocycles. The Morgan fingerprint density at radius 3 is 2.00 bits per heavy atom. The van der Waals surface area contributed by atoms with Crippen molar-refractivity contribution < 1.29 is 5.11 Å². The fraction of sp³-hybridized carbons (Fsp3) is 0.800. The fourth-order valence-corrected chi connectivity index (χ4v) is 2.16. The van der Waals surface area contributed by atoms with Crippen LogP contribution in [0.3, 0.4) is 0 Å². The van der Waals surface area contributed by atoms with Gasteiger partial charge in [0.1, 0.15) is 0 Å². The van der Waals surface area contributed by atoms with Gasteiger partial charge in [0.05, 0.1) is 8.07 Å². The monoisotopic (exact) mass is 185 g/mol. The van der Waals surface area contributed by atoms with Gasteiger partial charge in [-0.3, -0.25) is 0 Å². The van der Waals surface area contributed by atoms with E-state index >= 15 is 0 Å². The number of allylic oxidation sites excluding steroid dienone is 1. The van der Waals surface area contributed by atoms with Gasteiger partial charge in [-0.2, -0.15) is 0 Å². The summed E-state index contributed by atoms with van der Waals surface area (Å²) >= 11 is 0. The minimum Gasteiger partial charge on any atom is -0.876 e. The molecule has 0 radical (unpaired) electrons. The predicted octanol–water partition coefficient (Wildman–Crippen LogP) is 2.69. The highest BCUT2D eigenvalue weighted by atomic mass is 28.3. The maximum Gasteiger partial charge on any atom is 0.0758 e. The molecule has 0 aromatic carbocycles. The summed E-state index contributed by atoms with van der Waals surface area (Å²) in [6, 6.07) is 0. The topological polar surface area (TPSA) is 23.1 Å². The summed E-state index contributed by atoms with van der Waals surface area (Å²) in [5.41, 5.74) is 1.99. The SMILES string of the molecule is CC/C([O-])=C/[Si](C)(C)C(C)(C)C. The fourth-order valence-electron chi connectivity index (χ4n) is 0.721. The number of hydrogen-bond acceptors (Lipinski definition) is 1. The summed E-state index contributed by atoms with van der Waals surface area (Å²) < 4.78 is 0. The van der Waals surface area contributed by atoms with E-state index in [0.717, 1.165) is 0 Å². The van der Waals surface area contributed by atoms with E-state index in [1.165, 1.54) is 0 Å². The second kappa shape index (κ2) is 3.65. The Labute approximate surface area is 77.5 Å². The van der Waals surface area contributed by atoms with Gasteiger partial charge in [0.15, 0.2) is 0 Å². The van der Waals surface area contributed by atoms with Crippen LogP contribution in [0.15, 0.2) is 11.5 Å². The molecule has 12 heavy (non-hydrogen) atoms. The first-order valence-electron chi connectivity index (χ1n) is 4.59. The molecule has 0 saturated heterocycles. The van der Waals surface area contributed by atoms with Gasteiger partial charge < -0.3 is 5.11 Å². The first-order valence-corrected chi connectivity index (χ1v) is 7.67. The van der Waals surface area contributed by atoms with Crippen LogP contribution in [0.25, 0.3) is 0 Å². The molecule has 0 unspecified atom stereocenters. The minimum absolute atomic E-state index is 0.290. The van der Waals surface area contributed by atoms with Crippen molar-refractivity contribution in [2.75, 3.05) is 0 Å². The molecular formula is C10H21OSi-. The zero-order valence-corrected chi connectivity index (χ0v) is 10.2. The van der Waals surface area contributed by atoms with Crippen LogP contribution in [-0.4, -0.2) is 8.07 Å². The molecule has 0 amide bonds. The summed E-state index contributed by atoms with van der Waals surface area (Å²) in [5.74, 6) is 0.307. The van der Waals surface area contributed by atoms with E-state index in [-0.39, 0.29) is 5.04 Å². The van der Waals surface area contributed by atoms with Crippen molar-refractivity contribution in [3.63, 3.8) is 0 Å². The van der Waals surface area contributed by atoms with Crippen molar-refractivity contribution in [3.05, 3.63) is 11.5 Å². The molecule has 0 aliphatic rings. The van der Waals surface area contributed by atoms with E-state index in [2.05, 4.69) is 33.9 Å². The molecule has 0 rings (SSSR count). The Bertz CT molecular complexity index is 175. The summed E-state index contributed by atoms with van der Waals surface area (Å²) in [6.07, 6.45) is 0.645. The van der Waals surface area contributed by atoms with Crippen LogP contribution >= 0.6 is 0 Å². The molecule has 0 aromatic rings. The smallest absolute Gasteiger partial charge is 0.0758 e. The predicted molar refractivity (Wildman–Crippen MR) is 55.6 cm³/mol. The number of hydrogen-bond donors (Lipinski definition) is 0. The van der Waals surface area contributed by atoms with E-state index in [1.54, 1.807) is 0 Å². The molecule has 0 heterocycles. The summed E-state index contributed by atoms with van der Waals surface area (Å²) in [5, 5.41) is 11.5. The van der Waals surface area contributed by atoms with Crippen molar-refractivity contribution in [2.24, 2.45) is 0 Å². The van der Waals surface area contributed by atoms with Crippen molar-refractivity contribution in [1.82, 2.24) is 0 Å². The first-order chi connectivity index (χ1) is 5.20. The molecule has 0 atom stereocenters. The maximum atomic E-state index is 11.3. The highest BCUT2D eigenvalue weighted by Gasteiger charge is 2.32. The zero-order chi connectivity index (χ0) is 9.99. The molecule has 1 nitrogen and oxygen atoms in total. The zero-order valence-electron chi connectivity index (χ0n) is 9.19. The molecule has 0 fully saturated rings. The van der Waals surface area contributed by atoms with Crippen LogP contribution in [-0.2, 0) is 0 Å². The molecular weight excluding hydrogens is 164 g/mol. The van der Waals surface area contributed by atoms with Gasteiger partial charge in [0.25, 0.3) is 0 Å². The summed E-state index contributed by atoms with van der Waals surface area (Å²) in [7, 11) is -1.46. The van der Waals surface area contributed by atoms with E-state index in [1.807, 2.05) is 12.6 Å². The third-order valence-electron chi connectivity index (χ3n) is 2.80. The largest absolute Gasteiger partial charge is 0.876 e. The lowest BCUT2D eigenvalue weighted by molar-refractivity contribution is -0.305. The van der Waals surface area contributed by atoms with Gasteiger partial charge in [0.2, 0.25) is 0 Å². The van der Waals surface area contributed by atoms with Crippen molar-refractivity contribution in [3.8, 4) is 0 Å². The lowest BCUT2D eigenvalue weighted by Gasteiger charge is -2.36. The Hall–Kier alpha value is -0.243. The van der Waals surface area contributed by atoms with Gasteiger partial charge in [-0.05, 0) is 11.5 Å². The Balaban J connectivity index is 4.64. The maximum absolute atomic E-state index is 11.3. The third-order valence-corrected chi connectivity index (χ3v) is 7.71. The van der Waals surface area contributed by atoms with E-state index in [0.29, 0.717) is 12.2 Å². The lowest BCUT2D eigenvalue weighted by Crippen LogP contribution is -2.36. The van der Waals surface area contributed by atoms with Gasteiger partial charge in [-0.25, -0.2) is 0 Å². The van der Waals surface area contributed by atoms with Crippen LogP contribution in [0.5, 0.6) is 0 Å². The Morgan fingerprint density at radius 2 is 1.75 bits per heavy atom. The average Bonchev–Trinajstić information content (AvgIpc) is 1.84. The third kappa shape index (κ3) is 3.01. The van der Waals surface area contributed by atoms with E-state index < -0.39 is 8.07 Å². The molecule has 0 aromatic heterocycles.